The fourth-order valence-corrected chi connectivity index (χ4v) is 6.31. The van der Waals surface area contributed by atoms with Gasteiger partial charge in [0, 0.05) is 29.5 Å². The van der Waals surface area contributed by atoms with Crippen LogP contribution in [0.1, 0.15) is 67.2 Å². The molecule has 0 saturated heterocycles. The number of benzene rings is 3. The molecule has 234 valence electrons. The largest absolute Gasteiger partial charge is 0.439 e. The number of unbranched alkanes of at least 4 members (excludes halogenated alkanes) is 1. The number of H-pyrrole nitrogens is 1. The minimum absolute atomic E-state index is 0.0346. The van der Waals surface area contributed by atoms with Gasteiger partial charge in [-0.1, -0.05) is 104 Å². The zero-order valence-electron chi connectivity index (χ0n) is 25.8. The molecule has 0 atom stereocenters. The van der Waals surface area contributed by atoms with Crippen molar-refractivity contribution in [3.63, 3.8) is 0 Å². The van der Waals surface area contributed by atoms with E-state index in [0.717, 1.165) is 46.6 Å². The Bertz CT molecular complexity index is 2090. The summed E-state index contributed by atoms with van der Waals surface area (Å²) in [5.74, 6) is 0.210. The van der Waals surface area contributed by atoms with Crippen molar-refractivity contribution in [3.8, 4) is 33.1 Å². The van der Waals surface area contributed by atoms with Crippen LogP contribution in [0.25, 0.3) is 33.1 Å². The van der Waals surface area contributed by atoms with Crippen molar-refractivity contribution >= 4 is 11.3 Å². The Hall–Kier alpha value is -5.03. The van der Waals surface area contributed by atoms with Crippen LogP contribution >= 0.6 is 11.3 Å². The van der Waals surface area contributed by atoms with Gasteiger partial charge in [-0.2, -0.15) is 0 Å². The first-order chi connectivity index (χ1) is 22.3. The monoisotopic (exact) mass is 636 g/mol. The van der Waals surface area contributed by atoms with Crippen molar-refractivity contribution in [2.24, 2.45) is 0 Å². The lowest BCUT2D eigenvalue weighted by atomic mass is 9.98. The molecule has 0 bridgehead atoms. The molecule has 0 saturated carbocycles. The lowest BCUT2D eigenvalue weighted by Crippen LogP contribution is -2.31. The van der Waals surface area contributed by atoms with E-state index in [4.69, 9.17) is 9.51 Å². The fourth-order valence-electron chi connectivity index (χ4n) is 5.46. The lowest BCUT2D eigenvalue weighted by molar-refractivity contribution is 0.388. The van der Waals surface area contributed by atoms with Crippen LogP contribution in [0, 0.1) is 5.82 Å². The van der Waals surface area contributed by atoms with Gasteiger partial charge < -0.3 is 0 Å². The second-order valence-electron chi connectivity index (χ2n) is 11.4. The van der Waals surface area contributed by atoms with Crippen molar-refractivity contribution < 1.29 is 8.91 Å². The molecule has 1 N–H and O–H groups in total. The van der Waals surface area contributed by atoms with Crippen LogP contribution in [0.4, 0.5) is 4.39 Å². The molecular weight excluding hydrogens is 603 g/mol. The Kier molecular flexibility index (Phi) is 9.11. The molecule has 0 amide bonds. The van der Waals surface area contributed by atoms with E-state index in [2.05, 4.69) is 27.3 Å². The van der Waals surface area contributed by atoms with E-state index in [1.54, 1.807) is 16.7 Å². The average Bonchev–Trinajstić information content (AvgIpc) is 3.72. The van der Waals surface area contributed by atoms with Crippen LogP contribution in [0.5, 0.6) is 0 Å². The quantitative estimate of drug-likeness (QED) is 0.162. The summed E-state index contributed by atoms with van der Waals surface area (Å²) < 4.78 is 20.3. The zero-order valence-corrected chi connectivity index (χ0v) is 26.6. The molecule has 3 aromatic heterocycles. The number of hydrogen-bond acceptors (Lipinski definition) is 8. The van der Waals surface area contributed by atoms with Crippen molar-refractivity contribution in [1.82, 2.24) is 29.9 Å². The molecule has 0 fully saturated rings. The van der Waals surface area contributed by atoms with Crippen LogP contribution in [0.3, 0.4) is 0 Å². The van der Waals surface area contributed by atoms with Gasteiger partial charge in [0.1, 0.15) is 21.7 Å². The summed E-state index contributed by atoms with van der Waals surface area (Å²) in [4.78, 5) is 33.6. The van der Waals surface area contributed by atoms with Gasteiger partial charge in [-0.25, -0.2) is 14.2 Å². The predicted molar refractivity (Wildman–Crippen MR) is 176 cm³/mol. The van der Waals surface area contributed by atoms with Crippen LogP contribution < -0.4 is 11.3 Å². The van der Waals surface area contributed by atoms with Gasteiger partial charge in [0.25, 0.3) is 5.56 Å². The standard InChI is InChI=1S/C35H33FN6O3S/c1-4-5-13-29-37-31(21(2)3)28(19-30-39-40-33(46-30)24-9-8-10-25(36)18-24)34(43)42(29)20-22-14-16-23(17-15-22)26-11-6-7-12-27(26)32-38-35(44)45-41-32/h6-12,14-18,21H,4-5,13,19-20H2,1-3H3,(H,38,41,44). The van der Waals surface area contributed by atoms with E-state index in [-0.39, 0.29) is 17.3 Å². The number of hydrogen-bond donors (Lipinski definition) is 1. The van der Waals surface area contributed by atoms with Crippen LogP contribution in [-0.4, -0.2) is 29.9 Å². The molecule has 0 radical (unpaired) electrons. The maximum atomic E-state index is 14.3. The third kappa shape index (κ3) is 6.64. The van der Waals surface area contributed by atoms with Gasteiger partial charge >= 0.3 is 5.76 Å². The van der Waals surface area contributed by atoms with Crippen molar-refractivity contribution in [3.05, 3.63) is 127 Å². The number of aryl methyl sites for hydroxylation is 1. The molecule has 0 aliphatic heterocycles. The van der Waals surface area contributed by atoms with E-state index in [1.807, 2.05) is 62.4 Å². The highest BCUT2D eigenvalue weighted by Crippen LogP contribution is 2.30. The van der Waals surface area contributed by atoms with Gasteiger partial charge in [0.15, 0.2) is 5.82 Å². The maximum Gasteiger partial charge on any atom is 0.439 e. The SMILES string of the molecule is CCCCc1nc(C(C)C)c(Cc2nnc(-c3cccc(F)c3)s2)c(=O)n1Cc1ccc(-c2ccccc2-c2noc(=O)[nH]2)cc1. The molecule has 6 aromatic rings. The predicted octanol–water partition coefficient (Wildman–Crippen LogP) is 7.02. The van der Waals surface area contributed by atoms with Gasteiger partial charge in [-0.15, -0.1) is 10.2 Å². The molecule has 11 heteroatoms. The Morgan fingerprint density at radius 1 is 0.957 bits per heavy atom. The highest BCUT2D eigenvalue weighted by atomic mass is 32.1. The van der Waals surface area contributed by atoms with E-state index in [9.17, 15) is 14.0 Å². The molecule has 3 heterocycles. The van der Waals surface area contributed by atoms with Crippen LogP contribution in [0.15, 0.2) is 86.9 Å². The van der Waals surface area contributed by atoms with Crippen molar-refractivity contribution in [2.75, 3.05) is 0 Å². The van der Waals surface area contributed by atoms with Gasteiger partial charge in [-0.05, 0) is 41.2 Å². The number of nitrogens with zero attached hydrogens (tertiary/aromatic N) is 5. The van der Waals surface area contributed by atoms with E-state index in [1.165, 1.54) is 23.5 Å². The van der Waals surface area contributed by atoms with Crippen LogP contribution in [0.2, 0.25) is 0 Å². The van der Waals surface area contributed by atoms with Crippen molar-refractivity contribution in [2.45, 2.75) is 58.9 Å². The molecule has 0 aliphatic rings. The summed E-state index contributed by atoms with van der Waals surface area (Å²) in [6.45, 7) is 6.57. The Morgan fingerprint density at radius 3 is 2.43 bits per heavy atom. The molecular formula is C35H33FN6O3S. The first-order valence-electron chi connectivity index (χ1n) is 15.3. The second kappa shape index (κ2) is 13.5. The van der Waals surface area contributed by atoms with E-state index in [0.29, 0.717) is 46.4 Å². The highest BCUT2D eigenvalue weighted by molar-refractivity contribution is 7.14. The molecule has 0 unspecified atom stereocenters. The highest BCUT2D eigenvalue weighted by Gasteiger charge is 2.21. The lowest BCUT2D eigenvalue weighted by Gasteiger charge is -2.19. The minimum Gasteiger partial charge on any atom is -0.296 e. The van der Waals surface area contributed by atoms with E-state index < -0.39 is 5.76 Å². The maximum absolute atomic E-state index is 14.3. The number of aromatic nitrogens is 6. The van der Waals surface area contributed by atoms with Gasteiger partial charge in [0.05, 0.1) is 12.2 Å². The molecule has 46 heavy (non-hydrogen) atoms. The summed E-state index contributed by atoms with van der Waals surface area (Å²) in [5, 5.41) is 13.8. The molecule has 9 nitrogen and oxygen atoms in total. The average molecular weight is 637 g/mol. The molecule has 0 spiro atoms. The third-order valence-corrected chi connectivity index (χ3v) is 8.74. The smallest absolute Gasteiger partial charge is 0.296 e. The summed E-state index contributed by atoms with van der Waals surface area (Å²) in [6.07, 6.45) is 2.87. The molecule has 0 aliphatic carbocycles. The number of aromatic amines is 1. The van der Waals surface area contributed by atoms with Gasteiger partial charge in [-0.3, -0.25) is 18.9 Å². The second-order valence-corrected chi connectivity index (χ2v) is 12.5. The Labute approximate surface area is 268 Å². The number of nitrogens with one attached hydrogen (secondary N) is 1. The Morgan fingerprint density at radius 2 is 1.74 bits per heavy atom. The third-order valence-electron chi connectivity index (χ3n) is 7.77. The summed E-state index contributed by atoms with van der Waals surface area (Å²) >= 11 is 1.35. The summed E-state index contributed by atoms with van der Waals surface area (Å²) in [7, 11) is 0. The summed E-state index contributed by atoms with van der Waals surface area (Å²) in [6, 6.07) is 21.9. The minimum atomic E-state index is -0.612. The summed E-state index contributed by atoms with van der Waals surface area (Å²) in [5.41, 5.74) is 5.45. The van der Waals surface area contributed by atoms with Gasteiger partial charge in [0.2, 0.25) is 0 Å². The first-order valence-corrected chi connectivity index (χ1v) is 16.1. The fraction of sp³-hybridized carbons (Fsp3) is 0.257. The normalized spacial score (nSPS) is 11.4. The van der Waals surface area contributed by atoms with Crippen LogP contribution in [-0.2, 0) is 19.4 Å². The first kappa shape index (κ1) is 31.0. The zero-order chi connectivity index (χ0) is 32.2. The van der Waals surface area contributed by atoms with E-state index >= 15 is 0 Å². The topological polar surface area (TPSA) is 120 Å². The number of rotatable bonds is 11. The molecule has 3 aromatic carbocycles. The molecule has 6 rings (SSSR count). The Balaban J connectivity index is 1.34. The van der Waals surface area contributed by atoms with Crippen molar-refractivity contribution in [1.29, 1.82) is 0 Å². The number of halogens is 1.